The molecule has 0 bridgehead atoms. The van der Waals surface area contributed by atoms with Gasteiger partial charge in [0, 0.05) is 17.9 Å². The van der Waals surface area contributed by atoms with E-state index in [0.717, 1.165) is 36.3 Å². The van der Waals surface area contributed by atoms with Crippen LogP contribution < -0.4 is 0 Å². The van der Waals surface area contributed by atoms with Gasteiger partial charge in [-0.2, -0.15) is 10.5 Å². The summed E-state index contributed by atoms with van der Waals surface area (Å²) in [7, 11) is 0. The second-order valence-electron chi connectivity index (χ2n) is 5.58. The lowest BCUT2D eigenvalue weighted by atomic mass is 10.0. The predicted molar refractivity (Wildman–Crippen MR) is 86.7 cm³/mol. The van der Waals surface area contributed by atoms with E-state index < -0.39 is 0 Å². The summed E-state index contributed by atoms with van der Waals surface area (Å²) in [5, 5.41) is 18.2. The molecule has 2 aromatic rings. The molecule has 2 heterocycles. The number of rotatable bonds is 3. The zero-order chi connectivity index (χ0) is 16.4. The average molecular weight is 301 g/mol. The number of hydrogen-bond donors (Lipinski definition) is 0. The molecule has 0 fully saturated rings. The van der Waals surface area contributed by atoms with Crippen molar-refractivity contribution in [3.05, 3.63) is 64.0 Å². The Bertz CT molecular complexity index is 887. The molecular formula is C19H15N3O. The van der Waals surface area contributed by atoms with E-state index in [0.29, 0.717) is 16.7 Å². The number of nitrogens with zero attached hydrogens (tertiary/aromatic N) is 3. The maximum atomic E-state index is 12.5. The number of allylic oxidation sites excluding steroid dienone is 1. The van der Waals surface area contributed by atoms with E-state index in [1.807, 2.05) is 6.92 Å². The largest absolute Gasteiger partial charge is 0.347 e. The van der Waals surface area contributed by atoms with Gasteiger partial charge in [-0.15, -0.1) is 0 Å². The van der Waals surface area contributed by atoms with E-state index in [-0.39, 0.29) is 5.78 Å². The molecule has 0 saturated heterocycles. The van der Waals surface area contributed by atoms with Crippen LogP contribution in [0.3, 0.4) is 0 Å². The summed E-state index contributed by atoms with van der Waals surface area (Å²) in [6, 6.07) is 11.3. The van der Waals surface area contributed by atoms with Crippen LogP contribution in [0, 0.1) is 29.6 Å². The first-order valence-corrected chi connectivity index (χ1v) is 7.50. The fraction of sp³-hybridized carbons (Fsp3) is 0.211. The van der Waals surface area contributed by atoms with Gasteiger partial charge in [0.05, 0.1) is 22.8 Å². The third-order valence-electron chi connectivity index (χ3n) is 4.25. The van der Waals surface area contributed by atoms with Crippen LogP contribution in [0.5, 0.6) is 0 Å². The van der Waals surface area contributed by atoms with Crippen molar-refractivity contribution in [3.8, 4) is 12.1 Å². The molecule has 0 unspecified atom stereocenters. The number of carbonyl (C=O) groups is 1. The van der Waals surface area contributed by atoms with Gasteiger partial charge in [0.15, 0.2) is 5.78 Å². The van der Waals surface area contributed by atoms with Crippen LogP contribution in [0.25, 0.3) is 6.08 Å². The maximum absolute atomic E-state index is 12.5. The molecule has 4 heteroatoms. The summed E-state index contributed by atoms with van der Waals surface area (Å²) in [5.74, 6) is -0.148. The van der Waals surface area contributed by atoms with Crippen LogP contribution in [-0.4, -0.2) is 10.4 Å². The maximum Gasteiger partial charge on any atom is 0.189 e. The first-order chi connectivity index (χ1) is 11.2. The van der Waals surface area contributed by atoms with Gasteiger partial charge in [-0.1, -0.05) is 18.2 Å². The molecule has 1 aliphatic rings. The van der Waals surface area contributed by atoms with E-state index in [9.17, 15) is 10.1 Å². The highest BCUT2D eigenvalue weighted by molar-refractivity contribution is 6.09. The van der Waals surface area contributed by atoms with Gasteiger partial charge < -0.3 is 4.57 Å². The SMILES string of the molecule is Cc1c(C(=O)C=Cc2ccc(C#N)cc2)c(C#N)c2n1CCC2. The summed E-state index contributed by atoms with van der Waals surface area (Å²) in [6.07, 6.45) is 5.10. The molecule has 0 radical (unpaired) electrons. The Morgan fingerprint density at radius 3 is 2.61 bits per heavy atom. The van der Waals surface area contributed by atoms with Gasteiger partial charge in [0.2, 0.25) is 0 Å². The lowest BCUT2D eigenvalue weighted by Gasteiger charge is -2.01. The van der Waals surface area contributed by atoms with Crippen LogP contribution in [-0.2, 0) is 13.0 Å². The van der Waals surface area contributed by atoms with Crippen molar-refractivity contribution >= 4 is 11.9 Å². The molecule has 3 rings (SSSR count). The van der Waals surface area contributed by atoms with Crippen molar-refractivity contribution in [1.29, 1.82) is 10.5 Å². The number of aromatic nitrogens is 1. The van der Waals surface area contributed by atoms with Gasteiger partial charge in [-0.05, 0) is 43.5 Å². The number of ketones is 1. The lowest BCUT2D eigenvalue weighted by molar-refractivity contribution is 0.104. The van der Waals surface area contributed by atoms with Crippen LogP contribution in [0.4, 0.5) is 0 Å². The van der Waals surface area contributed by atoms with Crippen LogP contribution in [0.1, 0.15) is 44.9 Å². The molecule has 0 amide bonds. The van der Waals surface area contributed by atoms with Crippen LogP contribution >= 0.6 is 0 Å². The van der Waals surface area contributed by atoms with Crippen molar-refractivity contribution in [1.82, 2.24) is 4.57 Å². The lowest BCUT2D eigenvalue weighted by Crippen LogP contribution is -2.01. The Morgan fingerprint density at radius 2 is 1.96 bits per heavy atom. The highest BCUT2D eigenvalue weighted by atomic mass is 16.1. The van der Waals surface area contributed by atoms with Crippen molar-refractivity contribution < 1.29 is 4.79 Å². The zero-order valence-corrected chi connectivity index (χ0v) is 12.8. The molecule has 4 nitrogen and oxygen atoms in total. The first-order valence-electron chi connectivity index (χ1n) is 7.50. The summed E-state index contributed by atoms with van der Waals surface area (Å²) < 4.78 is 2.08. The van der Waals surface area contributed by atoms with E-state index in [2.05, 4.69) is 16.7 Å². The zero-order valence-electron chi connectivity index (χ0n) is 12.8. The minimum Gasteiger partial charge on any atom is -0.347 e. The second-order valence-corrected chi connectivity index (χ2v) is 5.58. The van der Waals surface area contributed by atoms with Gasteiger partial charge in [0.25, 0.3) is 0 Å². The second kappa shape index (κ2) is 5.94. The van der Waals surface area contributed by atoms with Gasteiger partial charge in [-0.25, -0.2) is 0 Å². The van der Waals surface area contributed by atoms with Gasteiger partial charge in [0.1, 0.15) is 6.07 Å². The Labute approximate surface area is 134 Å². The van der Waals surface area contributed by atoms with Crippen molar-refractivity contribution in [2.24, 2.45) is 0 Å². The smallest absolute Gasteiger partial charge is 0.189 e. The molecule has 1 aromatic heterocycles. The predicted octanol–water partition coefficient (Wildman–Crippen LogP) is 3.38. The van der Waals surface area contributed by atoms with Crippen molar-refractivity contribution in [2.75, 3.05) is 0 Å². The fourth-order valence-corrected chi connectivity index (χ4v) is 3.11. The third-order valence-corrected chi connectivity index (χ3v) is 4.25. The summed E-state index contributed by atoms with van der Waals surface area (Å²) >= 11 is 0. The Balaban J connectivity index is 1.91. The first kappa shape index (κ1) is 14.8. The van der Waals surface area contributed by atoms with Gasteiger partial charge >= 0.3 is 0 Å². The van der Waals surface area contributed by atoms with Crippen molar-refractivity contribution in [3.63, 3.8) is 0 Å². The number of hydrogen-bond acceptors (Lipinski definition) is 3. The molecular weight excluding hydrogens is 286 g/mol. The monoisotopic (exact) mass is 301 g/mol. The highest BCUT2D eigenvalue weighted by Gasteiger charge is 2.26. The average Bonchev–Trinajstić information content (AvgIpc) is 3.15. The number of carbonyl (C=O) groups excluding carboxylic acids is 1. The molecule has 1 aliphatic heterocycles. The summed E-state index contributed by atoms with van der Waals surface area (Å²) in [4.78, 5) is 12.5. The standard InChI is InChI=1S/C19H15N3O/c1-13-19(16(12-21)17-3-2-10-22(13)17)18(23)9-8-14-4-6-15(11-20)7-5-14/h4-9H,2-3,10H2,1H3. The van der Waals surface area contributed by atoms with E-state index in [1.165, 1.54) is 6.08 Å². The van der Waals surface area contributed by atoms with Gasteiger partial charge in [-0.3, -0.25) is 4.79 Å². The molecule has 0 spiro atoms. The molecule has 0 atom stereocenters. The topological polar surface area (TPSA) is 69.6 Å². The molecule has 23 heavy (non-hydrogen) atoms. The van der Waals surface area contributed by atoms with E-state index >= 15 is 0 Å². The Kier molecular flexibility index (Phi) is 3.83. The minimum atomic E-state index is -0.148. The molecule has 0 aliphatic carbocycles. The molecule has 112 valence electrons. The normalized spacial score (nSPS) is 12.8. The molecule has 1 aromatic carbocycles. The molecule has 0 saturated carbocycles. The van der Waals surface area contributed by atoms with E-state index in [1.54, 1.807) is 30.3 Å². The Morgan fingerprint density at radius 1 is 1.22 bits per heavy atom. The van der Waals surface area contributed by atoms with Crippen molar-refractivity contribution in [2.45, 2.75) is 26.3 Å². The number of nitriles is 2. The molecule has 0 N–H and O–H groups in total. The fourth-order valence-electron chi connectivity index (χ4n) is 3.11. The Hall–Kier alpha value is -3.11. The van der Waals surface area contributed by atoms with Crippen LogP contribution in [0.2, 0.25) is 0 Å². The summed E-state index contributed by atoms with van der Waals surface area (Å²) in [6.45, 7) is 2.78. The van der Waals surface area contributed by atoms with Crippen LogP contribution in [0.15, 0.2) is 30.3 Å². The highest BCUT2D eigenvalue weighted by Crippen LogP contribution is 2.29. The number of benzene rings is 1. The summed E-state index contributed by atoms with van der Waals surface area (Å²) in [5.41, 5.74) is 4.34. The minimum absolute atomic E-state index is 0.148. The quantitative estimate of drug-likeness (QED) is 0.644. The van der Waals surface area contributed by atoms with E-state index in [4.69, 9.17) is 5.26 Å². The third kappa shape index (κ3) is 2.56. The number of fused-ring (bicyclic) bond motifs is 1.